The van der Waals surface area contributed by atoms with Crippen LogP contribution in [0.1, 0.15) is 35.3 Å². The third-order valence-corrected chi connectivity index (χ3v) is 4.81. The van der Waals surface area contributed by atoms with E-state index in [0.717, 1.165) is 32.3 Å². The van der Waals surface area contributed by atoms with E-state index >= 15 is 0 Å². The van der Waals surface area contributed by atoms with Crippen LogP contribution in [0.2, 0.25) is 0 Å². The van der Waals surface area contributed by atoms with Crippen LogP contribution in [0.5, 0.6) is 5.75 Å². The van der Waals surface area contributed by atoms with Crippen LogP contribution in [0.4, 0.5) is 0 Å². The average molecular weight is 435 g/mol. The van der Waals surface area contributed by atoms with Crippen molar-refractivity contribution in [3.05, 3.63) is 57.3 Å². The number of hydrogen-bond acceptors (Lipinski definition) is 3. The fourth-order valence-electron chi connectivity index (χ4n) is 2.64. The molecule has 0 fully saturated rings. The first kappa shape index (κ1) is 16.8. The van der Waals surface area contributed by atoms with Crippen LogP contribution in [-0.2, 0) is 0 Å². The number of ether oxygens (including phenoxy) is 1. The van der Waals surface area contributed by atoms with Crippen LogP contribution in [0, 0.1) is 3.70 Å². The van der Waals surface area contributed by atoms with Crippen molar-refractivity contribution in [1.82, 2.24) is 15.5 Å². The number of nitrogens with one attached hydrogen (secondary N) is 2. The number of carbonyl (C=O) groups is 1. The number of benzene rings is 2. The summed E-state index contributed by atoms with van der Waals surface area (Å²) in [7, 11) is 1.64. The summed E-state index contributed by atoms with van der Waals surface area (Å²) in [6.07, 6.45) is 0.796. The fourth-order valence-corrected chi connectivity index (χ4v) is 3.21. The minimum absolute atomic E-state index is 0.0632. The molecule has 0 aliphatic carbocycles. The van der Waals surface area contributed by atoms with Crippen LogP contribution in [0.15, 0.2) is 42.5 Å². The van der Waals surface area contributed by atoms with Gasteiger partial charge in [0, 0.05) is 10.9 Å². The SMILES string of the molecule is CCC(NC(=O)c1ccc2[nH]nc(I)c2c1)c1cccc(OC)c1. The highest BCUT2D eigenvalue weighted by Gasteiger charge is 2.16. The fraction of sp³-hybridized carbons (Fsp3) is 0.222. The molecule has 6 heteroatoms. The summed E-state index contributed by atoms with van der Waals surface area (Å²) >= 11 is 2.16. The molecule has 1 atom stereocenters. The van der Waals surface area contributed by atoms with E-state index in [1.807, 2.05) is 49.4 Å². The molecule has 0 saturated heterocycles. The van der Waals surface area contributed by atoms with Crippen molar-refractivity contribution in [2.75, 3.05) is 7.11 Å². The minimum Gasteiger partial charge on any atom is -0.497 e. The van der Waals surface area contributed by atoms with E-state index < -0.39 is 0 Å². The van der Waals surface area contributed by atoms with E-state index in [0.29, 0.717) is 5.56 Å². The summed E-state index contributed by atoms with van der Waals surface area (Å²) in [5.74, 6) is 0.693. The molecule has 1 heterocycles. The number of H-pyrrole nitrogens is 1. The maximum Gasteiger partial charge on any atom is 0.251 e. The molecule has 0 aliphatic rings. The molecule has 0 aliphatic heterocycles. The van der Waals surface area contributed by atoms with E-state index in [4.69, 9.17) is 4.74 Å². The Hall–Kier alpha value is -2.09. The van der Waals surface area contributed by atoms with Gasteiger partial charge in [-0.25, -0.2) is 0 Å². The van der Waals surface area contributed by atoms with Gasteiger partial charge in [-0.15, -0.1) is 0 Å². The molecular formula is C18H18IN3O2. The van der Waals surface area contributed by atoms with Crippen molar-refractivity contribution < 1.29 is 9.53 Å². The van der Waals surface area contributed by atoms with E-state index in [2.05, 4.69) is 38.1 Å². The van der Waals surface area contributed by atoms with Gasteiger partial charge < -0.3 is 10.1 Å². The molecule has 1 aromatic heterocycles. The van der Waals surface area contributed by atoms with E-state index in [-0.39, 0.29) is 11.9 Å². The van der Waals surface area contributed by atoms with Gasteiger partial charge in [0.25, 0.3) is 5.91 Å². The normalized spacial score (nSPS) is 12.1. The van der Waals surface area contributed by atoms with Crippen LogP contribution in [0.3, 0.4) is 0 Å². The molecule has 2 N–H and O–H groups in total. The van der Waals surface area contributed by atoms with Crippen molar-refractivity contribution in [1.29, 1.82) is 0 Å². The predicted octanol–water partition coefficient (Wildman–Crippen LogP) is 4.06. The predicted molar refractivity (Wildman–Crippen MR) is 102 cm³/mol. The second-order valence-corrected chi connectivity index (χ2v) is 6.51. The highest BCUT2D eigenvalue weighted by atomic mass is 127. The molecule has 24 heavy (non-hydrogen) atoms. The summed E-state index contributed by atoms with van der Waals surface area (Å²) in [6, 6.07) is 13.3. The number of amides is 1. The number of carbonyl (C=O) groups excluding carboxylic acids is 1. The van der Waals surface area contributed by atoms with Gasteiger partial charge in [0.2, 0.25) is 0 Å². The Bertz CT molecular complexity index is 876. The van der Waals surface area contributed by atoms with E-state index in [9.17, 15) is 4.79 Å². The number of rotatable bonds is 5. The monoisotopic (exact) mass is 435 g/mol. The van der Waals surface area contributed by atoms with Gasteiger partial charge in [-0.2, -0.15) is 5.10 Å². The van der Waals surface area contributed by atoms with Gasteiger partial charge in [-0.1, -0.05) is 19.1 Å². The first-order valence-electron chi connectivity index (χ1n) is 7.70. The molecule has 0 spiro atoms. The van der Waals surface area contributed by atoms with Crippen LogP contribution in [-0.4, -0.2) is 23.2 Å². The van der Waals surface area contributed by atoms with Gasteiger partial charge in [-0.05, 0) is 64.9 Å². The number of halogens is 1. The second kappa shape index (κ2) is 7.21. The molecular weight excluding hydrogens is 417 g/mol. The number of aromatic amines is 1. The standard InChI is InChI=1S/C18H18IN3O2/c1-3-15(11-5-4-6-13(9-11)24-2)20-18(23)12-7-8-16-14(10-12)17(19)22-21-16/h4-10,15H,3H2,1-2H3,(H,20,23)(H,21,22). The summed E-state index contributed by atoms with van der Waals surface area (Å²) < 4.78 is 6.13. The molecule has 3 aromatic rings. The average Bonchev–Trinajstić information content (AvgIpc) is 3.00. The summed E-state index contributed by atoms with van der Waals surface area (Å²) in [4.78, 5) is 12.6. The van der Waals surface area contributed by atoms with Gasteiger partial charge in [0.1, 0.15) is 9.45 Å². The van der Waals surface area contributed by atoms with Crippen LogP contribution in [0.25, 0.3) is 10.9 Å². The van der Waals surface area contributed by atoms with Crippen molar-refractivity contribution >= 4 is 39.4 Å². The lowest BCUT2D eigenvalue weighted by Crippen LogP contribution is -2.28. The zero-order valence-corrected chi connectivity index (χ0v) is 15.6. The Morgan fingerprint density at radius 1 is 1.33 bits per heavy atom. The third-order valence-electron chi connectivity index (χ3n) is 3.99. The lowest BCUT2D eigenvalue weighted by molar-refractivity contribution is 0.0935. The molecule has 1 unspecified atom stereocenters. The summed E-state index contributed by atoms with van der Waals surface area (Å²) in [6.45, 7) is 2.05. The number of hydrogen-bond donors (Lipinski definition) is 2. The minimum atomic E-state index is -0.0939. The molecule has 2 aromatic carbocycles. The highest BCUT2D eigenvalue weighted by Crippen LogP contribution is 2.23. The largest absolute Gasteiger partial charge is 0.497 e. The Labute approximate surface area is 153 Å². The van der Waals surface area contributed by atoms with Crippen molar-refractivity contribution in [2.45, 2.75) is 19.4 Å². The van der Waals surface area contributed by atoms with Crippen molar-refractivity contribution in [3.8, 4) is 5.75 Å². The van der Waals surface area contributed by atoms with E-state index in [1.165, 1.54) is 0 Å². The Kier molecular flexibility index (Phi) is 5.03. The first-order valence-corrected chi connectivity index (χ1v) is 8.78. The topological polar surface area (TPSA) is 67.0 Å². The highest BCUT2D eigenvalue weighted by molar-refractivity contribution is 14.1. The Balaban J connectivity index is 1.83. The molecule has 0 radical (unpaired) electrons. The second-order valence-electron chi connectivity index (χ2n) is 5.49. The molecule has 124 valence electrons. The number of fused-ring (bicyclic) bond motifs is 1. The van der Waals surface area contributed by atoms with Crippen molar-refractivity contribution in [2.24, 2.45) is 0 Å². The third kappa shape index (κ3) is 3.38. The van der Waals surface area contributed by atoms with Crippen LogP contribution < -0.4 is 10.1 Å². The molecule has 0 saturated carbocycles. The van der Waals surface area contributed by atoms with Crippen molar-refractivity contribution in [3.63, 3.8) is 0 Å². The first-order chi connectivity index (χ1) is 11.6. The lowest BCUT2D eigenvalue weighted by atomic mass is 10.0. The number of methoxy groups -OCH3 is 1. The molecule has 0 bridgehead atoms. The molecule has 1 amide bonds. The summed E-state index contributed by atoms with van der Waals surface area (Å²) in [5.41, 5.74) is 2.59. The van der Waals surface area contributed by atoms with E-state index in [1.54, 1.807) is 7.11 Å². The van der Waals surface area contributed by atoms with Gasteiger partial charge in [-0.3, -0.25) is 9.89 Å². The Morgan fingerprint density at radius 2 is 2.17 bits per heavy atom. The molecule has 3 rings (SSSR count). The maximum absolute atomic E-state index is 12.6. The zero-order valence-electron chi connectivity index (χ0n) is 13.5. The molecule has 5 nitrogen and oxygen atoms in total. The van der Waals surface area contributed by atoms with Gasteiger partial charge >= 0.3 is 0 Å². The van der Waals surface area contributed by atoms with Gasteiger partial charge in [0.15, 0.2) is 0 Å². The number of aromatic nitrogens is 2. The quantitative estimate of drug-likeness (QED) is 0.595. The van der Waals surface area contributed by atoms with Crippen LogP contribution >= 0.6 is 22.6 Å². The Morgan fingerprint density at radius 3 is 2.92 bits per heavy atom. The maximum atomic E-state index is 12.6. The lowest BCUT2D eigenvalue weighted by Gasteiger charge is -2.18. The number of nitrogens with zero attached hydrogens (tertiary/aromatic N) is 1. The zero-order chi connectivity index (χ0) is 17.1. The van der Waals surface area contributed by atoms with Gasteiger partial charge in [0.05, 0.1) is 18.7 Å². The summed E-state index contributed by atoms with van der Waals surface area (Å²) in [5, 5.41) is 11.2. The smallest absolute Gasteiger partial charge is 0.251 e.